The van der Waals surface area contributed by atoms with Crippen LogP contribution in [0.3, 0.4) is 0 Å². The highest BCUT2D eigenvalue weighted by atomic mass is 32.2. The first kappa shape index (κ1) is 11.1. The molecule has 0 aliphatic carbocycles. The Labute approximate surface area is 86.8 Å². The van der Waals surface area contributed by atoms with Crippen LogP contribution in [0, 0.1) is 0 Å². The molecule has 0 aliphatic rings. The number of thioether (sulfide) groups is 1. The minimum Gasteiger partial charge on any atom is -0.392 e. The number of aliphatic hydroxyl groups excluding tert-OH is 1. The quantitative estimate of drug-likeness (QED) is 0.461. The zero-order chi connectivity index (χ0) is 10.6. The van der Waals surface area contributed by atoms with Crippen molar-refractivity contribution in [3.8, 4) is 0 Å². The third-order valence-corrected chi connectivity index (χ3v) is 2.94. The van der Waals surface area contributed by atoms with Crippen molar-refractivity contribution in [2.45, 2.75) is 30.4 Å². The fourth-order valence-corrected chi connectivity index (χ4v) is 1.47. The minimum atomic E-state index is -0.408. The first-order valence-electron chi connectivity index (χ1n) is 4.25. The molecule has 0 saturated carbocycles. The lowest BCUT2D eigenvalue weighted by Gasteiger charge is -2.11. The van der Waals surface area contributed by atoms with E-state index in [2.05, 4.69) is 9.97 Å². The molecule has 1 heterocycles. The van der Waals surface area contributed by atoms with E-state index in [1.54, 1.807) is 6.92 Å². The minimum absolute atomic E-state index is 0.0390. The average molecular weight is 212 g/mol. The number of aromatic nitrogens is 2. The second-order valence-electron chi connectivity index (χ2n) is 2.98. The lowest BCUT2D eigenvalue weighted by Crippen LogP contribution is -2.15. The second kappa shape index (κ2) is 5.07. The summed E-state index contributed by atoms with van der Waals surface area (Å²) in [4.78, 5) is 18.3. The van der Waals surface area contributed by atoms with Gasteiger partial charge in [0, 0.05) is 17.6 Å². The normalized spacial score (nSPS) is 14.8. The van der Waals surface area contributed by atoms with Crippen molar-refractivity contribution < 1.29 is 9.90 Å². The van der Waals surface area contributed by atoms with Crippen molar-refractivity contribution in [2.75, 3.05) is 0 Å². The van der Waals surface area contributed by atoms with E-state index in [4.69, 9.17) is 0 Å². The van der Waals surface area contributed by atoms with E-state index in [0.29, 0.717) is 17.0 Å². The summed E-state index contributed by atoms with van der Waals surface area (Å²) in [7, 11) is 0. The molecule has 2 unspecified atom stereocenters. The predicted molar refractivity (Wildman–Crippen MR) is 54.4 cm³/mol. The standard InChI is InChI=1S/C9H12N2O2S/c1-6(13)7(2)14-9-10-3-8(5-12)4-11-9/h3-7,13H,1-2H3. The highest BCUT2D eigenvalue weighted by Crippen LogP contribution is 2.20. The molecule has 2 atom stereocenters. The molecule has 1 aromatic heterocycles. The largest absolute Gasteiger partial charge is 0.392 e. The van der Waals surface area contributed by atoms with Crippen LogP contribution < -0.4 is 0 Å². The van der Waals surface area contributed by atoms with Gasteiger partial charge in [-0.15, -0.1) is 0 Å². The Hall–Kier alpha value is -0.940. The van der Waals surface area contributed by atoms with Gasteiger partial charge in [-0.3, -0.25) is 4.79 Å². The molecule has 0 aromatic carbocycles. The van der Waals surface area contributed by atoms with E-state index in [0.717, 1.165) is 0 Å². The van der Waals surface area contributed by atoms with Gasteiger partial charge >= 0.3 is 0 Å². The maximum atomic E-state index is 10.3. The summed E-state index contributed by atoms with van der Waals surface area (Å²) in [6.45, 7) is 3.61. The molecule has 76 valence electrons. The fraction of sp³-hybridized carbons (Fsp3) is 0.444. The van der Waals surface area contributed by atoms with E-state index in [9.17, 15) is 9.90 Å². The maximum Gasteiger partial charge on any atom is 0.187 e. The van der Waals surface area contributed by atoms with E-state index in [1.807, 2.05) is 6.92 Å². The SMILES string of the molecule is CC(O)C(C)Sc1ncc(C=O)cn1. The Bertz CT molecular complexity index is 300. The summed E-state index contributed by atoms with van der Waals surface area (Å²) < 4.78 is 0. The zero-order valence-electron chi connectivity index (χ0n) is 8.04. The lowest BCUT2D eigenvalue weighted by molar-refractivity contribution is 0.112. The van der Waals surface area contributed by atoms with Crippen LogP contribution in [0.1, 0.15) is 24.2 Å². The third kappa shape index (κ3) is 3.08. The van der Waals surface area contributed by atoms with Crippen molar-refractivity contribution in [1.82, 2.24) is 9.97 Å². The van der Waals surface area contributed by atoms with Crippen LogP contribution in [-0.2, 0) is 0 Å². The molecular formula is C9H12N2O2S. The van der Waals surface area contributed by atoms with Gasteiger partial charge in [0.05, 0.1) is 11.7 Å². The van der Waals surface area contributed by atoms with Crippen LogP contribution in [0.2, 0.25) is 0 Å². The van der Waals surface area contributed by atoms with Gasteiger partial charge < -0.3 is 5.11 Å². The summed E-state index contributed by atoms with van der Waals surface area (Å²) >= 11 is 1.38. The Morgan fingerprint density at radius 2 is 2.00 bits per heavy atom. The first-order chi connectivity index (χ1) is 6.63. The zero-order valence-corrected chi connectivity index (χ0v) is 8.86. The first-order valence-corrected chi connectivity index (χ1v) is 5.13. The third-order valence-electron chi connectivity index (χ3n) is 1.75. The van der Waals surface area contributed by atoms with Crippen molar-refractivity contribution >= 4 is 18.0 Å². The molecule has 1 N–H and O–H groups in total. The van der Waals surface area contributed by atoms with Crippen LogP contribution in [0.4, 0.5) is 0 Å². The van der Waals surface area contributed by atoms with E-state index >= 15 is 0 Å². The molecule has 1 aromatic rings. The molecule has 1 rings (SSSR count). The van der Waals surface area contributed by atoms with E-state index in [1.165, 1.54) is 24.2 Å². The number of aliphatic hydroxyl groups is 1. The number of rotatable bonds is 4. The highest BCUT2D eigenvalue weighted by Gasteiger charge is 2.11. The van der Waals surface area contributed by atoms with Gasteiger partial charge in [0.15, 0.2) is 11.4 Å². The van der Waals surface area contributed by atoms with Gasteiger partial charge in [-0.25, -0.2) is 9.97 Å². The fourth-order valence-electron chi connectivity index (χ4n) is 0.713. The smallest absolute Gasteiger partial charge is 0.187 e. The molecule has 4 nitrogen and oxygen atoms in total. The average Bonchev–Trinajstić information content (AvgIpc) is 2.19. The molecule has 0 bridgehead atoms. The Morgan fingerprint density at radius 1 is 1.43 bits per heavy atom. The summed E-state index contributed by atoms with van der Waals surface area (Å²) in [5.74, 6) is 0. The summed E-state index contributed by atoms with van der Waals surface area (Å²) in [6, 6.07) is 0. The number of hydrogen-bond donors (Lipinski definition) is 1. The van der Waals surface area contributed by atoms with Crippen molar-refractivity contribution in [1.29, 1.82) is 0 Å². The molecule has 0 aliphatic heterocycles. The highest BCUT2D eigenvalue weighted by molar-refractivity contribution is 7.99. The van der Waals surface area contributed by atoms with Gasteiger partial charge in [-0.2, -0.15) is 0 Å². The van der Waals surface area contributed by atoms with Crippen LogP contribution >= 0.6 is 11.8 Å². The molecule has 14 heavy (non-hydrogen) atoms. The molecule has 0 saturated heterocycles. The monoisotopic (exact) mass is 212 g/mol. The lowest BCUT2D eigenvalue weighted by atomic mass is 10.3. The summed E-state index contributed by atoms with van der Waals surface area (Å²) in [6.07, 6.45) is 3.23. The Balaban J connectivity index is 2.64. The summed E-state index contributed by atoms with van der Waals surface area (Å²) in [5, 5.41) is 9.86. The Kier molecular flexibility index (Phi) is 4.03. The van der Waals surface area contributed by atoms with Crippen LogP contribution in [0.15, 0.2) is 17.6 Å². The Morgan fingerprint density at radius 3 is 2.43 bits per heavy atom. The molecule has 0 radical (unpaired) electrons. The molecular weight excluding hydrogens is 200 g/mol. The van der Waals surface area contributed by atoms with E-state index in [-0.39, 0.29) is 5.25 Å². The van der Waals surface area contributed by atoms with Crippen LogP contribution in [0.25, 0.3) is 0 Å². The summed E-state index contributed by atoms with van der Waals surface area (Å²) in [5.41, 5.74) is 0.457. The maximum absolute atomic E-state index is 10.3. The predicted octanol–water partition coefficient (Wildman–Crippen LogP) is 1.15. The van der Waals surface area contributed by atoms with Gasteiger partial charge in [-0.1, -0.05) is 18.7 Å². The molecule has 0 fully saturated rings. The number of hydrogen-bond acceptors (Lipinski definition) is 5. The molecule has 5 heteroatoms. The van der Waals surface area contributed by atoms with E-state index < -0.39 is 6.10 Å². The topological polar surface area (TPSA) is 63.1 Å². The number of aldehydes is 1. The van der Waals surface area contributed by atoms with Gasteiger partial charge in [0.25, 0.3) is 0 Å². The molecule has 0 amide bonds. The molecule has 0 spiro atoms. The number of nitrogens with zero attached hydrogens (tertiary/aromatic N) is 2. The van der Waals surface area contributed by atoms with Crippen LogP contribution in [0.5, 0.6) is 0 Å². The van der Waals surface area contributed by atoms with Gasteiger partial charge in [0.2, 0.25) is 0 Å². The number of carbonyl (C=O) groups is 1. The van der Waals surface area contributed by atoms with Gasteiger partial charge in [-0.05, 0) is 6.92 Å². The van der Waals surface area contributed by atoms with Crippen LogP contribution in [-0.4, -0.2) is 32.7 Å². The van der Waals surface area contributed by atoms with Crippen molar-refractivity contribution in [2.24, 2.45) is 0 Å². The van der Waals surface area contributed by atoms with Crippen molar-refractivity contribution in [3.05, 3.63) is 18.0 Å². The van der Waals surface area contributed by atoms with Crippen molar-refractivity contribution in [3.63, 3.8) is 0 Å². The second-order valence-corrected chi connectivity index (χ2v) is 4.32. The number of carbonyl (C=O) groups excluding carboxylic acids is 1. The van der Waals surface area contributed by atoms with Gasteiger partial charge in [0.1, 0.15) is 0 Å².